The third-order valence-electron chi connectivity index (χ3n) is 2.81. The summed E-state index contributed by atoms with van der Waals surface area (Å²) in [4.78, 5) is 11.5. The summed E-state index contributed by atoms with van der Waals surface area (Å²) in [5.41, 5.74) is 0.210. The minimum absolute atomic E-state index is 0.00603. The summed E-state index contributed by atoms with van der Waals surface area (Å²) in [5, 5.41) is 4.08. The maximum Gasteiger partial charge on any atom is 0.358 e. The number of aromatic nitrogens is 2. The number of nitrogens with zero attached hydrogens (tertiary/aromatic N) is 2. The molecule has 112 valence electrons. The molecule has 1 aliphatic rings. The fraction of sp³-hybridized carbons (Fsp3) is 0.667. The Hall–Kier alpha value is -1.70. The first kappa shape index (κ1) is 14.7. The average Bonchev–Trinajstić information content (AvgIpc) is 2.92. The van der Waals surface area contributed by atoms with Crippen molar-refractivity contribution in [2.75, 3.05) is 13.2 Å². The zero-order valence-corrected chi connectivity index (χ0v) is 11.1. The molecular weight excluding hydrogens is 274 g/mol. The van der Waals surface area contributed by atoms with Gasteiger partial charge in [-0.05, 0) is 19.8 Å². The SMILES string of the molecule is CCOC(=O)c1cc2n(n1)CC(CCCOC(F)F)O2. The molecule has 6 nitrogen and oxygen atoms in total. The Morgan fingerprint density at radius 1 is 1.65 bits per heavy atom. The van der Waals surface area contributed by atoms with Crippen molar-refractivity contribution in [3.8, 4) is 5.88 Å². The molecule has 20 heavy (non-hydrogen) atoms. The van der Waals surface area contributed by atoms with E-state index in [1.807, 2.05) is 0 Å². The lowest BCUT2D eigenvalue weighted by Crippen LogP contribution is -2.17. The highest BCUT2D eigenvalue weighted by molar-refractivity contribution is 5.87. The largest absolute Gasteiger partial charge is 0.473 e. The summed E-state index contributed by atoms with van der Waals surface area (Å²) in [6.45, 7) is -0.246. The molecule has 1 aromatic heterocycles. The molecule has 0 radical (unpaired) electrons. The molecule has 2 rings (SSSR count). The van der Waals surface area contributed by atoms with Gasteiger partial charge in [0.15, 0.2) is 5.69 Å². The van der Waals surface area contributed by atoms with Crippen molar-refractivity contribution in [3.05, 3.63) is 11.8 Å². The summed E-state index contributed by atoms with van der Waals surface area (Å²) < 4.78 is 39.7. The van der Waals surface area contributed by atoms with Crippen LogP contribution in [0.1, 0.15) is 30.3 Å². The predicted octanol–water partition coefficient (Wildman–Crippen LogP) is 1.84. The van der Waals surface area contributed by atoms with Crippen molar-refractivity contribution >= 4 is 5.97 Å². The highest BCUT2D eigenvalue weighted by Gasteiger charge is 2.26. The minimum atomic E-state index is -2.73. The highest BCUT2D eigenvalue weighted by atomic mass is 19.3. The smallest absolute Gasteiger partial charge is 0.358 e. The third kappa shape index (κ3) is 3.66. The molecule has 0 spiro atoms. The van der Waals surface area contributed by atoms with Crippen LogP contribution in [0.3, 0.4) is 0 Å². The zero-order chi connectivity index (χ0) is 14.5. The van der Waals surface area contributed by atoms with Crippen LogP contribution in [0.5, 0.6) is 5.88 Å². The van der Waals surface area contributed by atoms with Gasteiger partial charge in [-0.3, -0.25) is 0 Å². The number of halogens is 2. The van der Waals surface area contributed by atoms with E-state index < -0.39 is 12.6 Å². The molecule has 0 fully saturated rings. The Morgan fingerprint density at radius 2 is 2.45 bits per heavy atom. The van der Waals surface area contributed by atoms with Crippen molar-refractivity contribution in [3.63, 3.8) is 0 Å². The van der Waals surface area contributed by atoms with Crippen LogP contribution < -0.4 is 4.74 Å². The van der Waals surface area contributed by atoms with Crippen LogP contribution in [0.25, 0.3) is 0 Å². The molecule has 0 N–H and O–H groups in total. The number of alkyl halides is 2. The van der Waals surface area contributed by atoms with Crippen LogP contribution in [-0.4, -0.2) is 41.7 Å². The van der Waals surface area contributed by atoms with Crippen molar-refractivity contribution in [2.45, 2.75) is 39.0 Å². The standard InChI is InChI=1S/C12H16F2N2O4/c1-2-18-11(17)9-6-10-16(15-9)7-8(20-10)4-3-5-19-12(13)14/h6,8,12H,2-5,7H2,1H3. The molecule has 0 saturated heterocycles. The average molecular weight is 290 g/mol. The number of hydrogen-bond acceptors (Lipinski definition) is 5. The maximum atomic E-state index is 11.8. The van der Waals surface area contributed by atoms with E-state index in [-0.39, 0.29) is 25.0 Å². The van der Waals surface area contributed by atoms with E-state index in [1.54, 1.807) is 11.6 Å². The Balaban J connectivity index is 1.78. The summed E-state index contributed by atoms with van der Waals surface area (Å²) in [7, 11) is 0. The van der Waals surface area contributed by atoms with Crippen LogP contribution in [0.4, 0.5) is 8.78 Å². The number of fused-ring (bicyclic) bond motifs is 1. The normalized spacial score (nSPS) is 17.1. The van der Waals surface area contributed by atoms with Crippen LogP contribution in [0.15, 0.2) is 6.07 Å². The Morgan fingerprint density at radius 3 is 3.10 bits per heavy atom. The van der Waals surface area contributed by atoms with E-state index in [2.05, 4.69) is 9.84 Å². The second-order valence-electron chi connectivity index (χ2n) is 4.28. The first-order valence-corrected chi connectivity index (χ1v) is 6.41. The van der Waals surface area contributed by atoms with Gasteiger partial charge in [0.2, 0.25) is 5.88 Å². The molecular formula is C12H16F2N2O4. The lowest BCUT2D eigenvalue weighted by molar-refractivity contribution is -0.130. The fourth-order valence-corrected chi connectivity index (χ4v) is 1.96. The van der Waals surface area contributed by atoms with Crippen molar-refractivity contribution in [1.82, 2.24) is 9.78 Å². The van der Waals surface area contributed by atoms with Crippen LogP contribution in [-0.2, 0) is 16.0 Å². The predicted molar refractivity (Wildman–Crippen MR) is 63.8 cm³/mol. The van der Waals surface area contributed by atoms with Gasteiger partial charge in [0, 0.05) is 6.07 Å². The van der Waals surface area contributed by atoms with Crippen molar-refractivity contribution < 1.29 is 27.8 Å². The second kappa shape index (κ2) is 6.65. The van der Waals surface area contributed by atoms with Crippen LogP contribution in [0, 0.1) is 0 Å². The van der Waals surface area contributed by atoms with Gasteiger partial charge in [-0.1, -0.05) is 0 Å². The number of ether oxygens (including phenoxy) is 3. The van der Waals surface area contributed by atoms with Gasteiger partial charge in [0.1, 0.15) is 6.10 Å². The fourth-order valence-electron chi connectivity index (χ4n) is 1.96. The lowest BCUT2D eigenvalue weighted by Gasteiger charge is -2.09. The molecule has 0 bridgehead atoms. The molecule has 1 aromatic rings. The van der Waals surface area contributed by atoms with E-state index in [0.29, 0.717) is 25.3 Å². The van der Waals surface area contributed by atoms with Gasteiger partial charge in [0.25, 0.3) is 0 Å². The lowest BCUT2D eigenvalue weighted by atomic mass is 10.2. The Labute approximate surface area is 114 Å². The molecule has 0 aliphatic carbocycles. The van der Waals surface area contributed by atoms with E-state index in [0.717, 1.165) is 0 Å². The molecule has 0 amide bonds. The minimum Gasteiger partial charge on any atom is -0.473 e. The van der Waals surface area contributed by atoms with Crippen LogP contribution in [0.2, 0.25) is 0 Å². The molecule has 1 unspecified atom stereocenters. The number of rotatable bonds is 7. The first-order valence-electron chi connectivity index (χ1n) is 6.41. The summed E-state index contributed by atoms with van der Waals surface area (Å²) >= 11 is 0. The topological polar surface area (TPSA) is 62.6 Å². The van der Waals surface area contributed by atoms with Gasteiger partial charge in [-0.25, -0.2) is 9.48 Å². The van der Waals surface area contributed by atoms with E-state index >= 15 is 0 Å². The second-order valence-corrected chi connectivity index (χ2v) is 4.28. The van der Waals surface area contributed by atoms with E-state index in [9.17, 15) is 13.6 Å². The van der Waals surface area contributed by atoms with Crippen molar-refractivity contribution in [2.24, 2.45) is 0 Å². The van der Waals surface area contributed by atoms with Gasteiger partial charge < -0.3 is 14.2 Å². The third-order valence-corrected chi connectivity index (χ3v) is 2.81. The molecule has 1 atom stereocenters. The van der Waals surface area contributed by atoms with Gasteiger partial charge in [0.05, 0.1) is 19.8 Å². The number of carbonyl (C=O) groups excluding carboxylic acids is 1. The molecule has 0 aromatic carbocycles. The van der Waals surface area contributed by atoms with Gasteiger partial charge >= 0.3 is 12.6 Å². The Bertz CT molecular complexity index is 441. The maximum absolute atomic E-state index is 11.8. The first-order chi connectivity index (χ1) is 9.60. The summed E-state index contributed by atoms with van der Waals surface area (Å²) in [6, 6.07) is 1.52. The van der Waals surface area contributed by atoms with Crippen LogP contribution >= 0.6 is 0 Å². The summed E-state index contributed by atoms with van der Waals surface area (Å²) in [6.07, 6.45) is 0.935. The van der Waals surface area contributed by atoms with E-state index in [4.69, 9.17) is 9.47 Å². The zero-order valence-electron chi connectivity index (χ0n) is 11.1. The monoisotopic (exact) mass is 290 g/mol. The summed E-state index contributed by atoms with van der Waals surface area (Å²) in [5.74, 6) is 0.00714. The van der Waals surface area contributed by atoms with Gasteiger partial charge in [-0.15, -0.1) is 0 Å². The van der Waals surface area contributed by atoms with E-state index in [1.165, 1.54) is 6.07 Å². The Kier molecular flexibility index (Phi) is 4.89. The molecule has 1 aliphatic heterocycles. The van der Waals surface area contributed by atoms with Gasteiger partial charge in [-0.2, -0.15) is 13.9 Å². The highest BCUT2D eigenvalue weighted by Crippen LogP contribution is 2.25. The molecule has 8 heteroatoms. The number of carbonyl (C=O) groups is 1. The van der Waals surface area contributed by atoms with Crippen molar-refractivity contribution in [1.29, 1.82) is 0 Å². The quantitative estimate of drug-likeness (QED) is 0.566. The molecule has 2 heterocycles. The number of esters is 1. The number of hydrogen-bond donors (Lipinski definition) is 0. The molecule has 0 saturated carbocycles.